The zero-order chi connectivity index (χ0) is 54.3. The van der Waals surface area contributed by atoms with Crippen LogP contribution in [0.5, 0.6) is 0 Å². The Balaban J connectivity index is 4.66. The molecule has 0 aliphatic heterocycles. The van der Waals surface area contributed by atoms with E-state index in [0.717, 1.165) is 122 Å². The van der Waals surface area contributed by atoms with Crippen LogP contribution in [0.25, 0.3) is 0 Å². The first-order valence-electron chi connectivity index (χ1n) is 29.6. The average Bonchev–Trinajstić information content (AvgIpc) is 3.41. The summed E-state index contributed by atoms with van der Waals surface area (Å²) in [5, 5.41) is 0. The number of hydrogen-bond donors (Lipinski definition) is 0. The third-order valence-electron chi connectivity index (χ3n) is 11.7. The van der Waals surface area contributed by atoms with Gasteiger partial charge in [0.1, 0.15) is 13.2 Å². The second-order valence-electron chi connectivity index (χ2n) is 18.8. The Labute approximate surface area is 460 Å². The molecule has 418 valence electrons. The van der Waals surface area contributed by atoms with E-state index in [0.29, 0.717) is 19.3 Å². The van der Waals surface area contributed by atoms with Crippen LogP contribution < -0.4 is 0 Å². The van der Waals surface area contributed by atoms with Crippen molar-refractivity contribution in [3.05, 3.63) is 170 Å². The van der Waals surface area contributed by atoms with E-state index in [2.05, 4.69) is 179 Å². The molecule has 0 saturated carbocycles. The van der Waals surface area contributed by atoms with Crippen molar-refractivity contribution in [1.29, 1.82) is 0 Å². The largest absolute Gasteiger partial charge is 0.462 e. The van der Waals surface area contributed by atoms with Crippen molar-refractivity contribution >= 4 is 17.9 Å². The highest BCUT2D eigenvalue weighted by atomic mass is 16.6. The van der Waals surface area contributed by atoms with Gasteiger partial charge in [0.25, 0.3) is 0 Å². The molecule has 75 heavy (non-hydrogen) atoms. The number of carbonyl (C=O) groups excluding carboxylic acids is 3. The van der Waals surface area contributed by atoms with Gasteiger partial charge >= 0.3 is 17.9 Å². The van der Waals surface area contributed by atoms with E-state index >= 15 is 0 Å². The van der Waals surface area contributed by atoms with Gasteiger partial charge in [-0.15, -0.1) is 0 Å². The van der Waals surface area contributed by atoms with Crippen LogP contribution in [0.4, 0.5) is 0 Å². The standard InChI is InChI=1S/C69H106O6/c1-4-7-10-13-16-19-22-25-28-31-34-37-40-43-46-49-52-55-58-61-67(70)73-64-66(75-69(72)63-60-57-54-51-48-45-42-39-36-33-30-27-24-21-18-15-12-9-6-3)65-74-68(71)62-59-56-53-50-47-44-41-38-35-32-29-26-23-20-17-14-11-8-5-2/h7,10,16-21,25-30,34-39,43-48,52,55,66H,4-6,8-9,11-15,22-24,31-33,40-42,49-51,53-54,56-65H2,1-3H3/b10-7+,19-16+,20-17+,21-18+,28-25+,29-26+,30-27+,37-34+,38-35+,39-36+,46-43+,47-44+,48-45+,55-52+/t66-/m0/s1. The minimum atomic E-state index is -0.850. The number of unbranched alkanes of at least 4 members (excludes halogenated alkanes) is 12. The normalized spacial score (nSPS) is 13.4. The summed E-state index contributed by atoms with van der Waals surface area (Å²) in [5.74, 6) is -1.10. The smallest absolute Gasteiger partial charge is 0.306 e. The SMILES string of the molecule is CC/C=C/C/C=C/C/C=C/C/C=C/C/C=C/C/C=C/CCC(=O)OC[C@@H](COC(=O)CCCCC/C=C/C/C=C/C/C=C/C/C=C/CCCCC)OC(=O)CCCCC/C=C/C/C=C/C/C=C/C/C=C/CCCCC. The molecule has 6 heteroatoms. The lowest BCUT2D eigenvalue weighted by Crippen LogP contribution is -2.30. The first kappa shape index (κ1) is 69.8. The molecule has 0 spiro atoms. The highest BCUT2D eigenvalue weighted by Crippen LogP contribution is 2.11. The van der Waals surface area contributed by atoms with E-state index in [4.69, 9.17) is 14.2 Å². The molecule has 0 radical (unpaired) electrons. The van der Waals surface area contributed by atoms with E-state index in [9.17, 15) is 14.4 Å². The van der Waals surface area contributed by atoms with Gasteiger partial charge in [-0.25, -0.2) is 0 Å². The van der Waals surface area contributed by atoms with Gasteiger partial charge in [-0.1, -0.05) is 229 Å². The van der Waals surface area contributed by atoms with Gasteiger partial charge in [-0.05, 0) is 148 Å². The molecular weight excluding hydrogens is 925 g/mol. The predicted octanol–water partition coefficient (Wildman–Crippen LogP) is 20.3. The van der Waals surface area contributed by atoms with Crippen molar-refractivity contribution < 1.29 is 28.6 Å². The van der Waals surface area contributed by atoms with Crippen molar-refractivity contribution in [2.75, 3.05) is 13.2 Å². The lowest BCUT2D eigenvalue weighted by molar-refractivity contribution is -0.166. The molecule has 0 N–H and O–H groups in total. The molecule has 0 amide bonds. The summed E-state index contributed by atoms with van der Waals surface area (Å²) in [7, 11) is 0. The molecule has 1 atom stereocenters. The van der Waals surface area contributed by atoms with Crippen molar-refractivity contribution in [3.8, 4) is 0 Å². The van der Waals surface area contributed by atoms with Gasteiger partial charge in [0.15, 0.2) is 6.10 Å². The second-order valence-corrected chi connectivity index (χ2v) is 18.8. The van der Waals surface area contributed by atoms with E-state index < -0.39 is 6.10 Å². The number of esters is 3. The molecule has 0 aromatic rings. The molecule has 0 fully saturated rings. The van der Waals surface area contributed by atoms with Gasteiger partial charge in [-0.2, -0.15) is 0 Å². The number of rotatable bonds is 51. The molecule has 0 unspecified atom stereocenters. The van der Waals surface area contributed by atoms with Gasteiger partial charge in [0.2, 0.25) is 0 Å². The lowest BCUT2D eigenvalue weighted by Gasteiger charge is -2.18. The van der Waals surface area contributed by atoms with Gasteiger partial charge in [0, 0.05) is 19.3 Å². The van der Waals surface area contributed by atoms with Crippen LogP contribution in [-0.4, -0.2) is 37.2 Å². The zero-order valence-electron chi connectivity index (χ0n) is 47.7. The number of hydrogen-bond acceptors (Lipinski definition) is 6. The fourth-order valence-electron chi connectivity index (χ4n) is 7.26. The van der Waals surface area contributed by atoms with Crippen LogP contribution in [0.15, 0.2) is 170 Å². The van der Waals surface area contributed by atoms with Gasteiger partial charge in [0.05, 0.1) is 0 Å². The molecule has 0 rings (SSSR count). The highest BCUT2D eigenvalue weighted by Gasteiger charge is 2.19. The quantitative estimate of drug-likeness (QED) is 0.0261. The number of ether oxygens (including phenoxy) is 3. The van der Waals surface area contributed by atoms with Gasteiger partial charge < -0.3 is 14.2 Å². The number of carbonyl (C=O) groups is 3. The van der Waals surface area contributed by atoms with Crippen molar-refractivity contribution in [2.24, 2.45) is 0 Å². The predicted molar refractivity (Wildman–Crippen MR) is 325 cm³/mol. The topological polar surface area (TPSA) is 78.9 Å². The van der Waals surface area contributed by atoms with Crippen molar-refractivity contribution in [2.45, 2.75) is 232 Å². The van der Waals surface area contributed by atoms with E-state index in [1.165, 1.54) is 51.4 Å². The van der Waals surface area contributed by atoms with Crippen LogP contribution in [0.3, 0.4) is 0 Å². The van der Waals surface area contributed by atoms with E-state index in [1.807, 2.05) is 12.2 Å². The van der Waals surface area contributed by atoms with Crippen LogP contribution >= 0.6 is 0 Å². The molecule has 0 saturated heterocycles. The summed E-state index contributed by atoms with van der Waals surface area (Å²) in [4.78, 5) is 38.2. The van der Waals surface area contributed by atoms with Crippen molar-refractivity contribution in [3.63, 3.8) is 0 Å². The Morgan fingerprint density at radius 2 is 0.547 bits per heavy atom. The maximum absolute atomic E-state index is 12.9. The summed E-state index contributed by atoms with van der Waals surface area (Å²) in [6.45, 7) is 6.33. The van der Waals surface area contributed by atoms with Gasteiger partial charge in [-0.3, -0.25) is 14.4 Å². The fraction of sp³-hybridized carbons (Fsp3) is 0.551. The first-order chi connectivity index (χ1) is 37.0. The maximum atomic E-state index is 12.9. The highest BCUT2D eigenvalue weighted by molar-refractivity contribution is 5.71. The number of allylic oxidation sites excluding steroid dienone is 28. The molecule has 6 nitrogen and oxygen atoms in total. The third kappa shape index (κ3) is 59.5. The summed E-state index contributed by atoms with van der Waals surface area (Å²) in [5.41, 5.74) is 0. The molecule has 0 aromatic heterocycles. The monoisotopic (exact) mass is 1030 g/mol. The van der Waals surface area contributed by atoms with Crippen LogP contribution in [0.1, 0.15) is 226 Å². The summed E-state index contributed by atoms with van der Waals surface area (Å²) >= 11 is 0. The summed E-state index contributed by atoms with van der Waals surface area (Å²) in [6.07, 6.45) is 90.6. The van der Waals surface area contributed by atoms with Crippen LogP contribution in [0.2, 0.25) is 0 Å². The molecule has 0 aromatic carbocycles. The molecule has 0 aliphatic carbocycles. The molecule has 0 heterocycles. The fourth-order valence-corrected chi connectivity index (χ4v) is 7.26. The molecule has 0 aliphatic rings. The zero-order valence-corrected chi connectivity index (χ0v) is 47.7. The summed E-state index contributed by atoms with van der Waals surface area (Å²) < 4.78 is 16.8. The Morgan fingerprint density at radius 1 is 0.280 bits per heavy atom. The van der Waals surface area contributed by atoms with Crippen LogP contribution in [-0.2, 0) is 28.6 Å². The molecular formula is C69H106O6. The third-order valence-corrected chi connectivity index (χ3v) is 11.7. The lowest BCUT2D eigenvalue weighted by atomic mass is 10.1. The molecule has 0 bridgehead atoms. The minimum Gasteiger partial charge on any atom is -0.462 e. The Kier molecular flexibility index (Phi) is 57.0. The Morgan fingerprint density at radius 3 is 0.867 bits per heavy atom. The van der Waals surface area contributed by atoms with Crippen molar-refractivity contribution in [1.82, 2.24) is 0 Å². The average molecular weight is 1030 g/mol. The Hall–Kier alpha value is -5.23. The van der Waals surface area contributed by atoms with E-state index in [-0.39, 0.29) is 44.0 Å². The minimum absolute atomic E-state index is 0.140. The first-order valence-corrected chi connectivity index (χ1v) is 29.6. The summed E-state index contributed by atoms with van der Waals surface area (Å²) in [6, 6.07) is 0. The maximum Gasteiger partial charge on any atom is 0.306 e. The second kappa shape index (κ2) is 61.3. The van der Waals surface area contributed by atoms with Crippen LogP contribution in [0, 0.1) is 0 Å². The van der Waals surface area contributed by atoms with E-state index in [1.54, 1.807) is 0 Å². The Bertz CT molecular complexity index is 1750.